The van der Waals surface area contributed by atoms with Gasteiger partial charge in [-0.25, -0.2) is 0 Å². The molecular weight excluding hydrogens is 364 g/mol. The molecule has 1 saturated heterocycles. The summed E-state index contributed by atoms with van der Waals surface area (Å²) >= 11 is 0. The van der Waals surface area contributed by atoms with E-state index in [2.05, 4.69) is 12.1 Å². The minimum Gasteiger partial charge on any atom is -0.467 e. The minimum atomic E-state index is -0.339. The van der Waals surface area contributed by atoms with E-state index in [1.54, 1.807) is 17.2 Å². The highest BCUT2D eigenvalue weighted by Gasteiger charge is 2.37. The molecule has 5 heteroatoms. The van der Waals surface area contributed by atoms with Crippen molar-refractivity contribution in [2.24, 2.45) is 5.92 Å². The van der Waals surface area contributed by atoms with Crippen LogP contribution in [-0.2, 0) is 22.6 Å². The number of nitrogens with zero attached hydrogens (tertiary/aromatic N) is 2. The molecule has 0 N–H and O–H groups in total. The molecule has 1 aliphatic heterocycles. The van der Waals surface area contributed by atoms with Gasteiger partial charge < -0.3 is 14.2 Å². The largest absolute Gasteiger partial charge is 0.467 e. The second-order valence-corrected chi connectivity index (χ2v) is 7.32. The molecule has 29 heavy (non-hydrogen) atoms. The van der Waals surface area contributed by atoms with E-state index in [0.717, 1.165) is 17.9 Å². The molecule has 2 heterocycles. The lowest BCUT2D eigenvalue weighted by Gasteiger charge is -2.26. The van der Waals surface area contributed by atoms with E-state index < -0.39 is 0 Å². The number of carbonyl (C=O) groups is 2. The summed E-state index contributed by atoms with van der Waals surface area (Å²) in [6.07, 6.45) is 2.60. The van der Waals surface area contributed by atoms with Gasteiger partial charge in [0, 0.05) is 25.2 Å². The zero-order valence-electron chi connectivity index (χ0n) is 16.2. The van der Waals surface area contributed by atoms with Gasteiger partial charge in [0.1, 0.15) is 5.76 Å². The number of benzene rings is 2. The number of likely N-dealkylation sites (tertiary alicyclic amines) is 1. The first-order valence-electron chi connectivity index (χ1n) is 9.91. The Hall–Kier alpha value is -3.34. The van der Waals surface area contributed by atoms with Crippen LogP contribution in [0.1, 0.15) is 17.7 Å². The lowest BCUT2D eigenvalue weighted by molar-refractivity contribution is -0.129. The van der Waals surface area contributed by atoms with Crippen LogP contribution < -0.4 is 4.90 Å². The Morgan fingerprint density at radius 2 is 1.72 bits per heavy atom. The van der Waals surface area contributed by atoms with Crippen molar-refractivity contribution < 1.29 is 14.0 Å². The Balaban J connectivity index is 1.48. The predicted molar refractivity (Wildman–Crippen MR) is 111 cm³/mol. The lowest BCUT2D eigenvalue weighted by atomic mass is 10.1. The van der Waals surface area contributed by atoms with Crippen LogP contribution in [0.2, 0.25) is 0 Å². The van der Waals surface area contributed by atoms with E-state index in [1.165, 1.54) is 5.56 Å². The topological polar surface area (TPSA) is 53.8 Å². The number of hydrogen-bond acceptors (Lipinski definition) is 3. The Morgan fingerprint density at radius 1 is 1.00 bits per heavy atom. The molecule has 1 aliphatic rings. The summed E-state index contributed by atoms with van der Waals surface area (Å²) in [6.45, 7) is 1.41. The summed E-state index contributed by atoms with van der Waals surface area (Å²) in [5.74, 6) is 0.391. The maximum Gasteiger partial charge on any atom is 0.232 e. The molecule has 0 saturated carbocycles. The summed E-state index contributed by atoms with van der Waals surface area (Å²) in [6, 6.07) is 23.5. The monoisotopic (exact) mass is 388 g/mol. The fourth-order valence-corrected chi connectivity index (χ4v) is 3.76. The Labute approximate surface area is 170 Å². The SMILES string of the molecule is O=C1C[C@@H](C(=O)N(CCc2ccccc2)c2ccccc2)CN1Cc1ccco1. The Bertz CT molecular complexity index is 939. The highest BCUT2D eigenvalue weighted by atomic mass is 16.3. The quantitative estimate of drug-likeness (QED) is 0.617. The van der Waals surface area contributed by atoms with Crippen molar-refractivity contribution in [3.63, 3.8) is 0 Å². The molecule has 2 aromatic carbocycles. The van der Waals surface area contributed by atoms with Gasteiger partial charge in [-0.2, -0.15) is 0 Å². The van der Waals surface area contributed by atoms with E-state index in [9.17, 15) is 9.59 Å². The lowest BCUT2D eigenvalue weighted by Crippen LogP contribution is -2.38. The molecule has 0 bridgehead atoms. The number of para-hydroxylation sites is 1. The van der Waals surface area contributed by atoms with Gasteiger partial charge in [0.25, 0.3) is 0 Å². The van der Waals surface area contributed by atoms with Crippen molar-refractivity contribution >= 4 is 17.5 Å². The van der Waals surface area contributed by atoms with Crippen LogP contribution in [0.4, 0.5) is 5.69 Å². The second-order valence-electron chi connectivity index (χ2n) is 7.32. The van der Waals surface area contributed by atoms with E-state index >= 15 is 0 Å². The van der Waals surface area contributed by atoms with Gasteiger partial charge in [0.2, 0.25) is 11.8 Å². The molecule has 0 radical (unpaired) electrons. The van der Waals surface area contributed by atoms with Crippen LogP contribution in [0.15, 0.2) is 83.5 Å². The number of furan rings is 1. The van der Waals surface area contributed by atoms with E-state index in [-0.39, 0.29) is 24.2 Å². The fourth-order valence-electron chi connectivity index (χ4n) is 3.76. The van der Waals surface area contributed by atoms with Gasteiger partial charge in [0.15, 0.2) is 0 Å². The molecule has 2 amide bonds. The molecule has 1 fully saturated rings. The molecule has 5 nitrogen and oxygen atoms in total. The van der Waals surface area contributed by atoms with E-state index in [1.807, 2.05) is 59.5 Å². The number of anilines is 1. The highest BCUT2D eigenvalue weighted by Crippen LogP contribution is 2.25. The zero-order valence-corrected chi connectivity index (χ0v) is 16.2. The summed E-state index contributed by atoms with van der Waals surface area (Å²) < 4.78 is 5.35. The number of carbonyl (C=O) groups excluding carboxylic acids is 2. The Morgan fingerprint density at radius 3 is 2.41 bits per heavy atom. The molecule has 1 atom stereocenters. The van der Waals surface area contributed by atoms with Crippen molar-refractivity contribution in [3.8, 4) is 0 Å². The third-order valence-electron chi connectivity index (χ3n) is 5.29. The summed E-state index contributed by atoms with van der Waals surface area (Å²) in [5.41, 5.74) is 2.05. The first-order valence-corrected chi connectivity index (χ1v) is 9.91. The maximum absolute atomic E-state index is 13.4. The van der Waals surface area contributed by atoms with Crippen molar-refractivity contribution in [3.05, 3.63) is 90.4 Å². The van der Waals surface area contributed by atoms with Gasteiger partial charge in [-0.15, -0.1) is 0 Å². The minimum absolute atomic E-state index is 0.00225. The molecule has 4 rings (SSSR count). The van der Waals surface area contributed by atoms with Crippen LogP contribution in [0, 0.1) is 5.92 Å². The van der Waals surface area contributed by atoms with Gasteiger partial charge in [-0.1, -0.05) is 48.5 Å². The number of hydrogen-bond donors (Lipinski definition) is 0. The molecule has 0 unspecified atom stereocenters. The van der Waals surface area contributed by atoms with Crippen LogP contribution in [0.5, 0.6) is 0 Å². The van der Waals surface area contributed by atoms with E-state index in [4.69, 9.17) is 4.42 Å². The zero-order chi connectivity index (χ0) is 20.1. The van der Waals surface area contributed by atoms with Crippen LogP contribution in [0.3, 0.4) is 0 Å². The smallest absolute Gasteiger partial charge is 0.232 e. The third kappa shape index (κ3) is 4.57. The molecule has 148 valence electrons. The molecule has 3 aromatic rings. The number of rotatable bonds is 7. The molecule has 1 aromatic heterocycles. The van der Waals surface area contributed by atoms with Crippen molar-refractivity contribution in [1.29, 1.82) is 0 Å². The van der Waals surface area contributed by atoms with Crippen LogP contribution in [-0.4, -0.2) is 29.8 Å². The average molecular weight is 388 g/mol. The standard InChI is InChI=1S/C24H24N2O3/c27-23-16-20(17-25(23)18-22-12-7-15-29-22)24(28)26(21-10-5-2-6-11-21)14-13-19-8-3-1-4-9-19/h1-12,15,20H,13-14,16-18H2/t20-/m1/s1. The van der Waals surface area contributed by atoms with Crippen molar-refractivity contribution in [1.82, 2.24) is 4.90 Å². The summed E-state index contributed by atoms with van der Waals surface area (Å²) in [5, 5.41) is 0. The van der Waals surface area contributed by atoms with Crippen LogP contribution >= 0.6 is 0 Å². The van der Waals surface area contributed by atoms with Gasteiger partial charge in [-0.3, -0.25) is 9.59 Å². The Kier molecular flexibility index (Phi) is 5.75. The van der Waals surface area contributed by atoms with Crippen LogP contribution in [0.25, 0.3) is 0 Å². The van der Waals surface area contributed by atoms with E-state index in [0.29, 0.717) is 19.6 Å². The fraction of sp³-hybridized carbons (Fsp3) is 0.250. The molecule has 0 spiro atoms. The summed E-state index contributed by atoms with van der Waals surface area (Å²) in [7, 11) is 0. The summed E-state index contributed by atoms with van der Waals surface area (Å²) in [4.78, 5) is 29.4. The second kappa shape index (κ2) is 8.78. The average Bonchev–Trinajstić information content (AvgIpc) is 3.40. The molecule has 0 aliphatic carbocycles. The van der Waals surface area contributed by atoms with Gasteiger partial charge in [0.05, 0.1) is 18.7 Å². The van der Waals surface area contributed by atoms with Crippen molar-refractivity contribution in [2.45, 2.75) is 19.4 Å². The van der Waals surface area contributed by atoms with Gasteiger partial charge in [-0.05, 0) is 36.2 Å². The normalized spacial score (nSPS) is 16.2. The first kappa shape index (κ1) is 19.0. The number of amides is 2. The third-order valence-corrected chi connectivity index (χ3v) is 5.29. The highest BCUT2D eigenvalue weighted by molar-refractivity contribution is 5.99. The predicted octanol–water partition coefficient (Wildman–Crippen LogP) is 3.90. The first-order chi connectivity index (χ1) is 14.2. The van der Waals surface area contributed by atoms with Gasteiger partial charge >= 0.3 is 0 Å². The maximum atomic E-state index is 13.4. The molecular formula is C24H24N2O3. The van der Waals surface area contributed by atoms with Crippen molar-refractivity contribution in [2.75, 3.05) is 18.0 Å².